The van der Waals surface area contributed by atoms with Crippen LogP contribution in [0.2, 0.25) is 4.34 Å². The number of rotatable bonds is 2. The second-order valence-electron chi connectivity index (χ2n) is 2.32. The molecule has 0 aliphatic heterocycles. The molecule has 0 fully saturated rings. The maximum Gasteiger partial charge on any atom is 0.341 e. The Hall–Kier alpha value is -1.25. The van der Waals surface area contributed by atoms with Crippen LogP contribution >= 0.6 is 22.9 Å². The molecule has 4 nitrogen and oxygen atoms in total. The fourth-order valence-corrected chi connectivity index (χ4v) is 2.07. The lowest BCUT2D eigenvalue weighted by atomic mass is 10.2. The zero-order valence-corrected chi connectivity index (χ0v) is 8.91. The van der Waals surface area contributed by atoms with Crippen molar-refractivity contribution in [3.63, 3.8) is 0 Å². The van der Waals surface area contributed by atoms with E-state index in [9.17, 15) is 4.79 Å². The largest absolute Gasteiger partial charge is 0.462 e. The van der Waals surface area contributed by atoms with E-state index in [1.807, 2.05) is 6.07 Å². The summed E-state index contributed by atoms with van der Waals surface area (Å²) in [6, 6.07) is 1.82. The number of halogens is 1. The van der Waals surface area contributed by atoms with Gasteiger partial charge in [0, 0.05) is 0 Å². The van der Waals surface area contributed by atoms with E-state index in [4.69, 9.17) is 27.3 Å². The predicted octanol–water partition coefficient (Wildman–Crippen LogP) is 2.03. The number of carbonyl (C=O) groups is 1. The Bertz CT molecular complexity index is 408. The number of hydrogen-bond acceptors (Lipinski definition) is 5. The molecule has 2 N–H and O–H groups in total. The fraction of sp³-hybridized carbons (Fsp3) is 0.250. The third-order valence-electron chi connectivity index (χ3n) is 1.48. The lowest BCUT2D eigenvalue weighted by molar-refractivity contribution is 0.0527. The summed E-state index contributed by atoms with van der Waals surface area (Å²) in [6.45, 7) is 1.91. The number of nitrogens with two attached hydrogens (primary N) is 1. The van der Waals surface area contributed by atoms with Gasteiger partial charge in [0.25, 0.3) is 0 Å². The molecule has 14 heavy (non-hydrogen) atoms. The van der Waals surface area contributed by atoms with Gasteiger partial charge in [-0.15, -0.1) is 11.3 Å². The third kappa shape index (κ3) is 1.81. The number of esters is 1. The first-order chi connectivity index (χ1) is 6.61. The van der Waals surface area contributed by atoms with Gasteiger partial charge >= 0.3 is 5.97 Å². The first-order valence-corrected chi connectivity index (χ1v) is 4.96. The topological polar surface area (TPSA) is 76.1 Å². The van der Waals surface area contributed by atoms with E-state index in [-0.39, 0.29) is 27.1 Å². The highest BCUT2D eigenvalue weighted by Gasteiger charge is 2.22. The van der Waals surface area contributed by atoms with Gasteiger partial charge < -0.3 is 10.5 Å². The Balaban J connectivity index is 3.20. The molecule has 0 aromatic carbocycles. The minimum Gasteiger partial charge on any atom is -0.462 e. The van der Waals surface area contributed by atoms with E-state index in [1.165, 1.54) is 0 Å². The summed E-state index contributed by atoms with van der Waals surface area (Å²) in [5.41, 5.74) is 5.65. The molecule has 1 aromatic heterocycles. The van der Waals surface area contributed by atoms with Crippen molar-refractivity contribution in [2.45, 2.75) is 6.92 Å². The van der Waals surface area contributed by atoms with E-state index in [2.05, 4.69) is 0 Å². The van der Waals surface area contributed by atoms with Gasteiger partial charge in [0.1, 0.15) is 26.5 Å². The van der Waals surface area contributed by atoms with Crippen LogP contribution in [0.4, 0.5) is 5.00 Å². The van der Waals surface area contributed by atoms with Crippen molar-refractivity contribution in [1.29, 1.82) is 5.26 Å². The van der Waals surface area contributed by atoms with Crippen molar-refractivity contribution in [2.75, 3.05) is 12.3 Å². The Morgan fingerprint density at radius 3 is 2.93 bits per heavy atom. The number of thiophene rings is 1. The average Bonchev–Trinajstić information content (AvgIpc) is 2.40. The average molecular weight is 231 g/mol. The normalized spacial score (nSPS) is 9.50. The Morgan fingerprint density at radius 1 is 1.79 bits per heavy atom. The minimum atomic E-state index is -0.609. The maximum absolute atomic E-state index is 11.4. The lowest BCUT2D eigenvalue weighted by Crippen LogP contribution is -2.06. The number of ether oxygens (including phenoxy) is 1. The minimum absolute atomic E-state index is 0.0681. The van der Waals surface area contributed by atoms with E-state index >= 15 is 0 Å². The Kier molecular flexibility index (Phi) is 3.33. The van der Waals surface area contributed by atoms with Gasteiger partial charge in [0.2, 0.25) is 0 Å². The van der Waals surface area contributed by atoms with Crippen molar-refractivity contribution < 1.29 is 9.53 Å². The van der Waals surface area contributed by atoms with Gasteiger partial charge in [0.05, 0.1) is 6.61 Å². The molecule has 74 valence electrons. The molecule has 0 unspecified atom stereocenters. The fourth-order valence-electron chi connectivity index (χ4n) is 0.917. The smallest absolute Gasteiger partial charge is 0.341 e. The summed E-state index contributed by atoms with van der Waals surface area (Å²) in [6.07, 6.45) is 0. The number of anilines is 1. The molecule has 0 saturated heterocycles. The van der Waals surface area contributed by atoms with Crippen molar-refractivity contribution in [1.82, 2.24) is 0 Å². The maximum atomic E-state index is 11.4. The van der Waals surface area contributed by atoms with Crippen molar-refractivity contribution in [3.8, 4) is 6.07 Å². The number of nitrogen functional groups attached to an aromatic ring is 1. The summed E-state index contributed by atoms with van der Waals surface area (Å²) in [5, 5.41) is 8.98. The van der Waals surface area contributed by atoms with Gasteiger partial charge in [0.15, 0.2) is 0 Å². The van der Waals surface area contributed by atoms with E-state index in [1.54, 1.807) is 6.92 Å². The zero-order chi connectivity index (χ0) is 10.7. The summed E-state index contributed by atoms with van der Waals surface area (Å²) in [5.74, 6) is -0.609. The molecule has 0 aliphatic carbocycles. The quantitative estimate of drug-likeness (QED) is 0.789. The van der Waals surface area contributed by atoms with Crippen LogP contribution in [0.15, 0.2) is 0 Å². The monoisotopic (exact) mass is 230 g/mol. The summed E-state index contributed by atoms with van der Waals surface area (Å²) in [7, 11) is 0. The third-order valence-corrected chi connectivity index (χ3v) is 2.71. The number of hydrogen-bond donors (Lipinski definition) is 1. The van der Waals surface area contributed by atoms with Gasteiger partial charge in [-0.25, -0.2) is 4.79 Å². The highest BCUT2D eigenvalue weighted by Crippen LogP contribution is 2.34. The molecule has 0 amide bonds. The first-order valence-electron chi connectivity index (χ1n) is 3.76. The first kappa shape index (κ1) is 10.8. The molecule has 1 heterocycles. The van der Waals surface area contributed by atoms with Crippen LogP contribution in [0.1, 0.15) is 22.8 Å². The Morgan fingerprint density at radius 2 is 2.43 bits per heavy atom. The number of nitriles is 1. The van der Waals surface area contributed by atoms with Crippen molar-refractivity contribution in [2.24, 2.45) is 0 Å². The van der Waals surface area contributed by atoms with Gasteiger partial charge in [-0.05, 0) is 6.92 Å². The van der Waals surface area contributed by atoms with E-state index in [0.29, 0.717) is 0 Å². The molecule has 0 bridgehead atoms. The highest BCUT2D eigenvalue weighted by atomic mass is 35.5. The highest BCUT2D eigenvalue weighted by molar-refractivity contribution is 7.20. The second-order valence-corrected chi connectivity index (χ2v) is 3.98. The summed E-state index contributed by atoms with van der Waals surface area (Å²) in [4.78, 5) is 11.4. The van der Waals surface area contributed by atoms with E-state index < -0.39 is 5.97 Å². The van der Waals surface area contributed by atoms with Gasteiger partial charge in [-0.2, -0.15) is 5.26 Å². The molecule has 0 saturated carbocycles. The van der Waals surface area contributed by atoms with Crippen LogP contribution in [0.25, 0.3) is 0 Å². The second kappa shape index (κ2) is 4.31. The van der Waals surface area contributed by atoms with Crippen LogP contribution < -0.4 is 5.73 Å². The molecule has 0 spiro atoms. The molecule has 0 atom stereocenters. The molecule has 0 radical (unpaired) electrons. The van der Waals surface area contributed by atoms with Crippen LogP contribution in [0.3, 0.4) is 0 Å². The van der Waals surface area contributed by atoms with Crippen LogP contribution in [-0.4, -0.2) is 12.6 Å². The molecule has 1 aromatic rings. The molecule has 1 rings (SSSR count). The van der Waals surface area contributed by atoms with E-state index in [0.717, 1.165) is 11.3 Å². The summed E-state index contributed by atoms with van der Waals surface area (Å²) >= 11 is 6.74. The zero-order valence-electron chi connectivity index (χ0n) is 7.33. The van der Waals surface area contributed by atoms with Crippen LogP contribution in [0, 0.1) is 11.3 Å². The molecule has 0 aliphatic rings. The molecule has 6 heteroatoms. The van der Waals surface area contributed by atoms with Crippen LogP contribution in [0.5, 0.6) is 0 Å². The molecular formula is C8H7ClN2O2S. The lowest BCUT2D eigenvalue weighted by Gasteiger charge is -1.99. The van der Waals surface area contributed by atoms with Gasteiger partial charge in [-0.1, -0.05) is 11.6 Å². The number of carbonyl (C=O) groups excluding carboxylic acids is 1. The summed E-state index contributed by atoms with van der Waals surface area (Å²) < 4.78 is 4.93. The molecular weight excluding hydrogens is 224 g/mol. The van der Waals surface area contributed by atoms with Crippen LogP contribution in [-0.2, 0) is 4.74 Å². The Labute approximate surface area is 89.8 Å². The van der Waals surface area contributed by atoms with Crippen molar-refractivity contribution in [3.05, 3.63) is 15.5 Å². The predicted molar refractivity (Wildman–Crippen MR) is 54.4 cm³/mol. The van der Waals surface area contributed by atoms with Crippen molar-refractivity contribution >= 4 is 33.9 Å². The standard InChI is InChI=1S/C8H7ClN2O2S/c1-2-13-8(12)5-4(3-10)7(11)14-6(5)9/h2,11H2,1H3. The van der Waals surface area contributed by atoms with Gasteiger partial charge in [-0.3, -0.25) is 0 Å². The number of nitrogens with zero attached hydrogens (tertiary/aromatic N) is 1. The SMILES string of the molecule is CCOC(=O)c1c(Cl)sc(N)c1C#N.